The molecule has 6 heteroatoms. The highest BCUT2D eigenvalue weighted by molar-refractivity contribution is 7.90. The van der Waals surface area contributed by atoms with E-state index < -0.39 is 9.84 Å². The van der Waals surface area contributed by atoms with Gasteiger partial charge in [0.25, 0.3) is 0 Å². The van der Waals surface area contributed by atoms with Gasteiger partial charge in [0.15, 0.2) is 0 Å². The number of hydrogen-bond donors (Lipinski definition) is 1. The maximum atomic E-state index is 11.0. The number of sulfone groups is 1. The molecule has 0 aliphatic heterocycles. The van der Waals surface area contributed by atoms with Crippen LogP contribution in [0.5, 0.6) is 0 Å². The first-order valence-electron chi connectivity index (χ1n) is 5.17. The van der Waals surface area contributed by atoms with E-state index in [1.54, 1.807) is 11.3 Å². The number of rotatable bonds is 5. The summed E-state index contributed by atoms with van der Waals surface area (Å²) in [5, 5.41) is 1.01. The Bertz CT molecular complexity index is 451. The fourth-order valence-corrected chi connectivity index (χ4v) is 3.24. The predicted molar refractivity (Wildman–Crippen MR) is 67.5 cm³/mol. The standard InChI is InChI=1S/C10H18N2O2S2/c1-7-10(15-8(2)12-7)9(11)5-4-6-16(3,13)14/h9H,4-6,11H2,1-3H3. The highest BCUT2D eigenvalue weighted by atomic mass is 32.2. The minimum atomic E-state index is -2.87. The molecule has 16 heavy (non-hydrogen) atoms. The molecule has 0 amide bonds. The molecule has 0 aromatic carbocycles. The first-order valence-corrected chi connectivity index (χ1v) is 8.04. The first-order chi connectivity index (χ1) is 7.29. The molecule has 0 radical (unpaired) electrons. The Morgan fingerprint density at radius 1 is 1.44 bits per heavy atom. The topological polar surface area (TPSA) is 73.0 Å². The third-order valence-corrected chi connectivity index (χ3v) is 4.54. The zero-order chi connectivity index (χ0) is 12.3. The zero-order valence-electron chi connectivity index (χ0n) is 9.86. The van der Waals surface area contributed by atoms with Crippen LogP contribution in [0, 0.1) is 13.8 Å². The lowest BCUT2D eigenvalue weighted by atomic mass is 10.1. The van der Waals surface area contributed by atoms with E-state index in [2.05, 4.69) is 4.98 Å². The van der Waals surface area contributed by atoms with E-state index in [0.717, 1.165) is 15.6 Å². The van der Waals surface area contributed by atoms with Crippen LogP contribution >= 0.6 is 11.3 Å². The van der Waals surface area contributed by atoms with Crippen molar-refractivity contribution in [2.75, 3.05) is 12.0 Å². The van der Waals surface area contributed by atoms with Crippen molar-refractivity contribution in [3.63, 3.8) is 0 Å². The minimum absolute atomic E-state index is 0.0899. The summed E-state index contributed by atoms with van der Waals surface area (Å²) in [5.74, 6) is 0.206. The summed E-state index contributed by atoms with van der Waals surface area (Å²) in [6.45, 7) is 3.89. The average Bonchev–Trinajstić information content (AvgIpc) is 2.43. The van der Waals surface area contributed by atoms with Gasteiger partial charge >= 0.3 is 0 Å². The van der Waals surface area contributed by atoms with Crippen LogP contribution in [0.2, 0.25) is 0 Å². The van der Waals surface area contributed by atoms with Gasteiger partial charge in [-0.1, -0.05) is 0 Å². The summed E-state index contributed by atoms with van der Waals surface area (Å²) in [5.41, 5.74) is 6.98. The fraction of sp³-hybridized carbons (Fsp3) is 0.700. The van der Waals surface area contributed by atoms with Gasteiger partial charge < -0.3 is 5.73 Å². The Morgan fingerprint density at radius 2 is 2.06 bits per heavy atom. The Labute approximate surface area is 101 Å². The fourth-order valence-electron chi connectivity index (χ4n) is 1.59. The van der Waals surface area contributed by atoms with E-state index in [0.29, 0.717) is 12.8 Å². The Hall–Kier alpha value is -0.460. The molecule has 0 saturated carbocycles. The summed E-state index contributed by atoms with van der Waals surface area (Å²) < 4.78 is 21.9. The summed E-state index contributed by atoms with van der Waals surface area (Å²) in [4.78, 5) is 5.38. The van der Waals surface area contributed by atoms with Crippen molar-refractivity contribution >= 4 is 21.2 Å². The Kier molecular flexibility index (Phi) is 4.46. The quantitative estimate of drug-likeness (QED) is 0.874. The molecule has 1 unspecified atom stereocenters. The smallest absolute Gasteiger partial charge is 0.147 e. The van der Waals surface area contributed by atoms with Gasteiger partial charge in [0.05, 0.1) is 10.7 Å². The van der Waals surface area contributed by atoms with Crippen LogP contribution in [0.25, 0.3) is 0 Å². The van der Waals surface area contributed by atoms with Gasteiger partial charge in [-0.25, -0.2) is 13.4 Å². The van der Waals surface area contributed by atoms with Crippen LogP contribution < -0.4 is 5.73 Å². The maximum Gasteiger partial charge on any atom is 0.147 e. The molecule has 0 aliphatic rings. The molecule has 0 fully saturated rings. The predicted octanol–water partition coefficient (Wildman–Crippen LogP) is 1.58. The van der Waals surface area contributed by atoms with Crippen LogP contribution in [0.3, 0.4) is 0 Å². The molecule has 2 N–H and O–H groups in total. The van der Waals surface area contributed by atoms with E-state index in [9.17, 15) is 8.42 Å². The van der Waals surface area contributed by atoms with E-state index in [-0.39, 0.29) is 11.8 Å². The van der Waals surface area contributed by atoms with Gasteiger partial charge in [-0.2, -0.15) is 0 Å². The molecule has 92 valence electrons. The Balaban J connectivity index is 2.53. The lowest BCUT2D eigenvalue weighted by molar-refractivity contribution is 0.589. The summed E-state index contributed by atoms with van der Waals surface area (Å²) in [6.07, 6.45) is 2.55. The SMILES string of the molecule is Cc1nc(C)c(C(N)CCCS(C)(=O)=O)s1. The van der Waals surface area contributed by atoms with Crippen molar-refractivity contribution in [3.8, 4) is 0 Å². The maximum absolute atomic E-state index is 11.0. The molecule has 4 nitrogen and oxygen atoms in total. The molecule has 1 heterocycles. The number of nitrogens with zero attached hydrogens (tertiary/aromatic N) is 1. The second-order valence-electron chi connectivity index (χ2n) is 4.06. The van der Waals surface area contributed by atoms with Gasteiger partial charge in [0.1, 0.15) is 9.84 Å². The monoisotopic (exact) mass is 262 g/mol. The minimum Gasteiger partial charge on any atom is -0.323 e. The lowest BCUT2D eigenvalue weighted by Gasteiger charge is -2.09. The lowest BCUT2D eigenvalue weighted by Crippen LogP contribution is -2.12. The van der Waals surface area contributed by atoms with Crippen molar-refractivity contribution in [3.05, 3.63) is 15.6 Å². The number of aryl methyl sites for hydroxylation is 2. The van der Waals surface area contributed by atoms with Crippen molar-refractivity contribution in [1.82, 2.24) is 4.98 Å². The van der Waals surface area contributed by atoms with Crippen LogP contribution in [-0.2, 0) is 9.84 Å². The van der Waals surface area contributed by atoms with E-state index in [1.807, 2.05) is 13.8 Å². The molecule has 1 aromatic heterocycles. The zero-order valence-corrected chi connectivity index (χ0v) is 11.5. The molecule has 0 aliphatic carbocycles. The van der Waals surface area contributed by atoms with Gasteiger partial charge in [0, 0.05) is 22.9 Å². The highest BCUT2D eigenvalue weighted by Crippen LogP contribution is 2.26. The summed E-state index contributed by atoms with van der Waals surface area (Å²) in [6, 6.07) is -0.0899. The van der Waals surface area contributed by atoms with Crippen molar-refractivity contribution in [1.29, 1.82) is 0 Å². The normalized spacial score (nSPS) is 14.0. The molecule has 1 aromatic rings. The largest absolute Gasteiger partial charge is 0.323 e. The van der Waals surface area contributed by atoms with Crippen molar-refractivity contribution < 1.29 is 8.42 Å². The van der Waals surface area contributed by atoms with Gasteiger partial charge in [0.2, 0.25) is 0 Å². The molecule has 0 saturated heterocycles. The number of thiazole rings is 1. The molecule has 0 bridgehead atoms. The van der Waals surface area contributed by atoms with E-state index in [1.165, 1.54) is 6.26 Å². The third-order valence-electron chi connectivity index (χ3n) is 2.31. The number of aromatic nitrogens is 1. The van der Waals surface area contributed by atoms with Crippen molar-refractivity contribution in [2.24, 2.45) is 5.73 Å². The van der Waals surface area contributed by atoms with Crippen LogP contribution in [0.4, 0.5) is 0 Å². The molecular formula is C10H18N2O2S2. The molecular weight excluding hydrogens is 244 g/mol. The highest BCUT2D eigenvalue weighted by Gasteiger charge is 2.14. The van der Waals surface area contributed by atoms with E-state index in [4.69, 9.17) is 5.73 Å². The third kappa shape index (κ3) is 4.19. The second-order valence-corrected chi connectivity index (χ2v) is 7.56. The van der Waals surface area contributed by atoms with Gasteiger partial charge in [-0.3, -0.25) is 0 Å². The molecule has 1 atom stereocenters. The van der Waals surface area contributed by atoms with Crippen LogP contribution in [0.1, 0.15) is 34.5 Å². The number of hydrogen-bond acceptors (Lipinski definition) is 5. The van der Waals surface area contributed by atoms with Crippen LogP contribution in [-0.4, -0.2) is 25.4 Å². The van der Waals surface area contributed by atoms with Crippen LogP contribution in [0.15, 0.2) is 0 Å². The molecule has 0 spiro atoms. The Morgan fingerprint density at radius 3 is 2.50 bits per heavy atom. The summed E-state index contributed by atoms with van der Waals surface area (Å²) in [7, 11) is -2.87. The molecule has 1 rings (SSSR count). The first kappa shape index (κ1) is 13.6. The summed E-state index contributed by atoms with van der Waals surface area (Å²) >= 11 is 1.59. The second kappa shape index (κ2) is 5.25. The van der Waals surface area contributed by atoms with Gasteiger partial charge in [-0.05, 0) is 26.7 Å². The average molecular weight is 262 g/mol. The van der Waals surface area contributed by atoms with Gasteiger partial charge in [-0.15, -0.1) is 11.3 Å². The van der Waals surface area contributed by atoms with E-state index >= 15 is 0 Å². The van der Waals surface area contributed by atoms with Crippen molar-refractivity contribution in [2.45, 2.75) is 32.7 Å². The number of nitrogens with two attached hydrogens (primary N) is 1.